The minimum absolute atomic E-state index is 0.255. The van der Waals surface area contributed by atoms with Gasteiger partial charge in [0.15, 0.2) is 0 Å². The van der Waals surface area contributed by atoms with E-state index >= 15 is 0 Å². The Morgan fingerprint density at radius 1 is 1.50 bits per heavy atom. The first-order chi connectivity index (χ1) is 8.38. The number of aryl methyl sites for hydroxylation is 1. The molecule has 0 bridgehead atoms. The van der Waals surface area contributed by atoms with E-state index in [0.29, 0.717) is 0 Å². The standard InChI is InChI=1S/C9H9N3O5S/c1-12-4-6(10-11-12)5-18(15,16)8-3-2-7(17-8)9(13)14/h2-4H,5H2,1H3,(H,13,14). The molecule has 0 aliphatic carbocycles. The van der Waals surface area contributed by atoms with Gasteiger partial charge in [0, 0.05) is 13.2 Å². The quantitative estimate of drug-likeness (QED) is 0.837. The van der Waals surface area contributed by atoms with Gasteiger partial charge >= 0.3 is 5.97 Å². The van der Waals surface area contributed by atoms with Crippen LogP contribution in [0.15, 0.2) is 27.8 Å². The van der Waals surface area contributed by atoms with Gasteiger partial charge in [-0.25, -0.2) is 13.2 Å². The highest BCUT2D eigenvalue weighted by molar-refractivity contribution is 7.90. The maximum Gasteiger partial charge on any atom is 0.371 e. The van der Waals surface area contributed by atoms with Gasteiger partial charge in [-0.1, -0.05) is 5.21 Å². The Balaban J connectivity index is 2.27. The van der Waals surface area contributed by atoms with Gasteiger partial charge < -0.3 is 9.52 Å². The third-order valence-corrected chi connectivity index (χ3v) is 3.59. The van der Waals surface area contributed by atoms with E-state index in [4.69, 9.17) is 9.52 Å². The fraction of sp³-hybridized carbons (Fsp3) is 0.222. The summed E-state index contributed by atoms with van der Waals surface area (Å²) in [6, 6.07) is 2.20. The minimum atomic E-state index is -3.76. The van der Waals surface area contributed by atoms with Crippen molar-refractivity contribution in [2.45, 2.75) is 10.8 Å². The molecule has 2 aromatic rings. The van der Waals surface area contributed by atoms with Crippen molar-refractivity contribution in [2.24, 2.45) is 7.05 Å². The van der Waals surface area contributed by atoms with Gasteiger partial charge in [-0.15, -0.1) is 5.10 Å². The Hall–Kier alpha value is -2.16. The number of carboxylic acids is 1. The van der Waals surface area contributed by atoms with Crippen molar-refractivity contribution in [1.82, 2.24) is 15.0 Å². The van der Waals surface area contributed by atoms with Crippen LogP contribution in [0.25, 0.3) is 0 Å². The molecule has 8 nitrogen and oxygen atoms in total. The zero-order valence-electron chi connectivity index (χ0n) is 9.27. The fourth-order valence-corrected chi connectivity index (χ4v) is 2.49. The smallest absolute Gasteiger partial charge is 0.371 e. The number of carboxylic acid groups (broad SMARTS) is 1. The summed E-state index contributed by atoms with van der Waals surface area (Å²) in [6.07, 6.45) is 1.46. The molecule has 0 aliphatic rings. The van der Waals surface area contributed by atoms with Gasteiger partial charge in [0.05, 0.1) is 5.69 Å². The van der Waals surface area contributed by atoms with E-state index in [1.807, 2.05) is 0 Å². The molecule has 0 aliphatic heterocycles. The van der Waals surface area contributed by atoms with E-state index in [1.165, 1.54) is 10.9 Å². The second-order valence-electron chi connectivity index (χ2n) is 3.57. The van der Waals surface area contributed by atoms with E-state index in [0.717, 1.165) is 12.1 Å². The minimum Gasteiger partial charge on any atom is -0.475 e. The predicted molar refractivity (Wildman–Crippen MR) is 57.6 cm³/mol. The normalized spacial score (nSPS) is 11.6. The lowest BCUT2D eigenvalue weighted by Gasteiger charge is -1.96. The molecular formula is C9H9N3O5S. The van der Waals surface area contributed by atoms with E-state index in [9.17, 15) is 13.2 Å². The highest BCUT2D eigenvalue weighted by Gasteiger charge is 2.22. The molecule has 2 aromatic heterocycles. The van der Waals surface area contributed by atoms with Crippen LogP contribution >= 0.6 is 0 Å². The van der Waals surface area contributed by atoms with Gasteiger partial charge in [-0.2, -0.15) is 0 Å². The fourth-order valence-electron chi connectivity index (χ4n) is 1.33. The predicted octanol–water partition coefficient (Wildman–Crippen LogP) is 0.0802. The van der Waals surface area contributed by atoms with Gasteiger partial charge in [0.1, 0.15) is 5.75 Å². The molecule has 96 valence electrons. The van der Waals surface area contributed by atoms with Crippen molar-refractivity contribution in [3.8, 4) is 0 Å². The maximum atomic E-state index is 11.9. The van der Waals surface area contributed by atoms with Crippen LogP contribution in [-0.4, -0.2) is 34.5 Å². The van der Waals surface area contributed by atoms with Crippen molar-refractivity contribution >= 4 is 15.8 Å². The summed E-state index contributed by atoms with van der Waals surface area (Å²) in [6.45, 7) is 0. The summed E-state index contributed by atoms with van der Waals surface area (Å²) in [4.78, 5) is 10.6. The molecule has 0 unspecified atom stereocenters. The van der Waals surface area contributed by atoms with Crippen LogP contribution in [-0.2, 0) is 22.6 Å². The first-order valence-electron chi connectivity index (χ1n) is 4.79. The average Bonchev–Trinajstić information content (AvgIpc) is 2.86. The highest BCUT2D eigenvalue weighted by Crippen LogP contribution is 2.18. The number of sulfone groups is 1. The number of aromatic carboxylic acids is 1. The van der Waals surface area contributed by atoms with E-state index < -0.39 is 32.4 Å². The molecule has 2 heterocycles. The van der Waals surface area contributed by atoms with Gasteiger partial charge in [-0.05, 0) is 12.1 Å². The van der Waals surface area contributed by atoms with Crippen molar-refractivity contribution in [2.75, 3.05) is 0 Å². The third-order valence-electron chi connectivity index (χ3n) is 2.09. The van der Waals surface area contributed by atoms with Gasteiger partial charge in [0.2, 0.25) is 20.7 Å². The largest absolute Gasteiger partial charge is 0.475 e. The summed E-state index contributed by atoms with van der Waals surface area (Å²) in [5, 5.41) is 15.5. The molecule has 0 aromatic carbocycles. The van der Waals surface area contributed by atoms with Gasteiger partial charge in [-0.3, -0.25) is 4.68 Å². The molecule has 0 atom stereocenters. The Morgan fingerprint density at radius 3 is 2.72 bits per heavy atom. The number of furan rings is 1. The number of hydrogen-bond acceptors (Lipinski definition) is 6. The Kier molecular flexibility index (Phi) is 2.91. The van der Waals surface area contributed by atoms with Gasteiger partial charge in [0.25, 0.3) is 0 Å². The van der Waals surface area contributed by atoms with Crippen molar-refractivity contribution < 1.29 is 22.7 Å². The molecule has 0 fully saturated rings. The topological polar surface area (TPSA) is 115 Å². The molecule has 18 heavy (non-hydrogen) atoms. The molecule has 0 spiro atoms. The van der Waals surface area contributed by atoms with Crippen molar-refractivity contribution in [1.29, 1.82) is 0 Å². The number of aromatic nitrogens is 3. The lowest BCUT2D eigenvalue weighted by atomic mass is 10.5. The second-order valence-corrected chi connectivity index (χ2v) is 5.49. The Morgan fingerprint density at radius 2 is 2.22 bits per heavy atom. The van der Waals surface area contributed by atoms with E-state index in [-0.39, 0.29) is 5.69 Å². The first kappa shape index (κ1) is 12.3. The van der Waals surface area contributed by atoms with E-state index in [1.54, 1.807) is 7.05 Å². The first-order valence-corrected chi connectivity index (χ1v) is 6.45. The lowest BCUT2D eigenvalue weighted by molar-refractivity contribution is 0.0656. The van der Waals surface area contributed by atoms with Crippen molar-refractivity contribution in [3.05, 3.63) is 29.8 Å². The monoisotopic (exact) mass is 271 g/mol. The van der Waals surface area contributed by atoms with Crippen LogP contribution < -0.4 is 0 Å². The number of carbonyl (C=O) groups is 1. The maximum absolute atomic E-state index is 11.9. The van der Waals surface area contributed by atoms with Crippen LogP contribution in [0, 0.1) is 0 Å². The van der Waals surface area contributed by atoms with Crippen molar-refractivity contribution in [3.63, 3.8) is 0 Å². The Bertz CT molecular complexity index is 685. The van der Waals surface area contributed by atoms with Crippen LogP contribution in [0.5, 0.6) is 0 Å². The molecule has 2 rings (SSSR count). The average molecular weight is 271 g/mol. The van der Waals surface area contributed by atoms with Crippen LogP contribution in [0.4, 0.5) is 0 Å². The van der Waals surface area contributed by atoms with Crippen LogP contribution in [0.3, 0.4) is 0 Å². The molecular weight excluding hydrogens is 262 g/mol. The summed E-state index contributed by atoms with van der Waals surface area (Å²) in [5.74, 6) is -2.14. The number of hydrogen-bond donors (Lipinski definition) is 1. The zero-order chi connectivity index (χ0) is 13.3. The van der Waals surface area contributed by atoms with Crippen LogP contribution in [0.1, 0.15) is 16.2 Å². The number of nitrogens with zero attached hydrogens (tertiary/aromatic N) is 3. The molecule has 0 saturated carbocycles. The molecule has 0 radical (unpaired) electrons. The summed E-state index contributed by atoms with van der Waals surface area (Å²) < 4.78 is 29.9. The highest BCUT2D eigenvalue weighted by atomic mass is 32.2. The number of rotatable bonds is 4. The third kappa shape index (κ3) is 2.40. The molecule has 0 saturated heterocycles. The summed E-state index contributed by atoms with van der Waals surface area (Å²) in [7, 11) is -2.15. The summed E-state index contributed by atoms with van der Waals surface area (Å²) in [5.41, 5.74) is 0.255. The summed E-state index contributed by atoms with van der Waals surface area (Å²) >= 11 is 0. The lowest BCUT2D eigenvalue weighted by Crippen LogP contribution is -2.04. The zero-order valence-corrected chi connectivity index (χ0v) is 10.1. The van der Waals surface area contributed by atoms with E-state index in [2.05, 4.69) is 10.3 Å². The molecule has 9 heteroatoms. The second kappa shape index (κ2) is 4.26. The SMILES string of the molecule is Cn1cc(CS(=O)(=O)c2ccc(C(=O)O)o2)nn1. The van der Waals surface area contributed by atoms with Crippen LogP contribution in [0.2, 0.25) is 0 Å². The Labute approximate surface area is 102 Å². The molecule has 1 N–H and O–H groups in total. The molecule has 0 amide bonds.